The molecular weight excluding hydrogens is 278 g/mol. The molecule has 0 aliphatic rings. The van der Waals surface area contributed by atoms with Crippen LogP contribution in [0.15, 0.2) is 22.7 Å². The number of hydrogen-bond donors (Lipinski definition) is 2. The summed E-state index contributed by atoms with van der Waals surface area (Å²) in [7, 11) is 0. The van der Waals surface area contributed by atoms with Crippen molar-refractivity contribution >= 4 is 21.6 Å². The first-order chi connectivity index (χ1) is 8.08. The van der Waals surface area contributed by atoms with E-state index in [4.69, 9.17) is 0 Å². The van der Waals surface area contributed by atoms with Gasteiger partial charge in [0.25, 0.3) is 0 Å². The normalized spacial score (nSPS) is 10.6. The van der Waals surface area contributed by atoms with Gasteiger partial charge in [0.05, 0.1) is 5.69 Å². The van der Waals surface area contributed by atoms with Gasteiger partial charge in [-0.05, 0) is 38.5 Å². The Hall–Kier alpha value is -1.29. The fourth-order valence-electron chi connectivity index (χ4n) is 1.73. The van der Waals surface area contributed by atoms with Crippen LogP contribution in [-0.2, 0) is 6.54 Å². The van der Waals surface area contributed by atoms with Crippen molar-refractivity contribution in [2.24, 2.45) is 0 Å². The minimum Gasteiger partial charge on any atom is -0.381 e. The van der Waals surface area contributed by atoms with Gasteiger partial charge in [0.2, 0.25) is 0 Å². The van der Waals surface area contributed by atoms with Crippen molar-refractivity contribution in [3.63, 3.8) is 0 Å². The predicted octanol–water partition coefficient (Wildman–Crippen LogP) is 3.71. The molecule has 17 heavy (non-hydrogen) atoms. The highest BCUT2D eigenvalue weighted by atomic mass is 79.9. The lowest BCUT2D eigenvalue weighted by atomic mass is 10.2. The van der Waals surface area contributed by atoms with E-state index in [-0.39, 0.29) is 0 Å². The third-order valence-corrected chi connectivity index (χ3v) is 3.78. The van der Waals surface area contributed by atoms with Gasteiger partial charge in [0, 0.05) is 28.0 Å². The molecule has 1 aromatic carbocycles. The molecule has 0 atom stereocenters. The molecule has 2 rings (SSSR count). The summed E-state index contributed by atoms with van der Waals surface area (Å²) >= 11 is 3.54. The number of aromatic amines is 1. The molecule has 0 spiro atoms. The Bertz CT molecular complexity index is 512. The Labute approximate surface area is 110 Å². The van der Waals surface area contributed by atoms with Crippen molar-refractivity contribution in [2.45, 2.75) is 27.3 Å². The number of hydrogen-bond acceptors (Lipinski definition) is 2. The van der Waals surface area contributed by atoms with Gasteiger partial charge in [-0.3, -0.25) is 5.10 Å². The van der Waals surface area contributed by atoms with E-state index in [2.05, 4.69) is 56.6 Å². The van der Waals surface area contributed by atoms with E-state index in [1.54, 1.807) is 0 Å². The summed E-state index contributed by atoms with van der Waals surface area (Å²) in [6.07, 6.45) is 0. The van der Waals surface area contributed by atoms with Crippen molar-refractivity contribution in [1.29, 1.82) is 0 Å². The fourth-order valence-corrected chi connectivity index (χ4v) is 2.11. The predicted molar refractivity (Wildman–Crippen MR) is 74.3 cm³/mol. The number of nitrogens with zero attached hydrogens (tertiary/aromatic N) is 1. The molecule has 1 heterocycles. The number of aryl methyl sites for hydroxylation is 3. The molecule has 2 aromatic rings. The molecule has 1 aromatic heterocycles. The molecule has 0 aliphatic heterocycles. The Morgan fingerprint density at radius 2 is 2.06 bits per heavy atom. The van der Waals surface area contributed by atoms with Gasteiger partial charge in [-0.1, -0.05) is 22.0 Å². The third-order valence-electron chi connectivity index (χ3n) is 2.92. The second-order valence-corrected chi connectivity index (χ2v) is 5.08. The smallest absolute Gasteiger partial charge is 0.0643 e. The highest BCUT2D eigenvalue weighted by molar-refractivity contribution is 9.10. The Morgan fingerprint density at radius 1 is 1.29 bits per heavy atom. The summed E-state index contributed by atoms with van der Waals surface area (Å²) in [5.41, 5.74) is 5.78. The van der Waals surface area contributed by atoms with Gasteiger partial charge in [0.15, 0.2) is 0 Å². The van der Waals surface area contributed by atoms with Crippen molar-refractivity contribution in [1.82, 2.24) is 10.2 Å². The monoisotopic (exact) mass is 293 g/mol. The van der Waals surface area contributed by atoms with Gasteiger partial charge in [-0.15, -0.1) is 0 Å². The van der Waals surface area contributed by atoms with E-state index >= 15 is 0 Å². The number of benzene rings is 1. The Morgan fingerprint density at radius 3 is 2.65 bits per heavy atom. The van der Waals surface area contributed by atoms with E-state index in [0.717, 1.165) is 28.1 Å². The van der Waals surface area contributed by atoms with Gasteiger partial charge in [-0.2, -0.15) is 5.10 Å². The second kappa shape index (κ2) is 4.92. The third kappa shape index (κ3) is 2.69. The molecule has 3 nitrogen and oxygen atoms in total. The minimum atomic E-state index is 0.795. The molecule has 90 valence electrons. The van der Waals surface area contributed by atoms with Gasteiger partial charge < -0.3 is 5.32 Å². The first-order valence-corrected chi connectivity index (χ1v) is 6.37. The number of aromatic nitrogens is 2. The maximum absolute atomic E-state index is 4.19. The first kappa shape index (κ1) is 12.2. The molecule has 0 aliphatic carbocycles. The quantitative estimate of drug-likeness (QED) is 0.906. The zero-order valence-corrected chi connectivity index (χ0v) is 11.9. The van der Waals surface area contributed by atoms with Crippen LogP contribution in [0.4, 0.5) is 5.69 Å². The Kier molecular flexibility index (Phi) is 3.52. The molecule has 4 heteroatoms. The van der Waals surface area contributed by atoms with Crippen LogP contribution in [0.1, 0.15) is 22.5 Å². The maximum Gasteiger partial charge on any atom is 0.0643 e. The molecule has 0 saturated heterocycles. The highest BCUT2D eigenvalue weighted by Crippen LogP contribution is 2.21. The average Bonchev–Trinajstić information content (AvgIpc) is 2.61. The SMILES string of the molecule is Cc1ccc(NCc2c(C)n[nH]c2C)cc1Br. The molecule has 0 radical (unpaired) electrons. The summed E-state index contributed by atoms with van der Waals surface area (Å²) in [4.78, 5) is 0. The summed E-state index contributed by atoms with van der Waals surface area (Å²) in [6, 6.07) is 6.28. The minimum absolute atomic E-state index is 0.795. The van der Waals surface area contributed by atoms with E-state index in [1.807, 2.05) is 13.8 Å². The largest absolute Gasteiger partial charge is 0.381 e. The lowest BCUT2D eigenvalue weighted by Crippen LogP contribution is -2.01. The summed E-state index contributed by atoms with van der Waals surface area (Å²) in [6.45, 7) is 6.94. The van der Waals surface area contributed by atoms with Crippen molar-refractivity contribution in [2.75, 3.05) is 5.32 Å². The van der Waals surface area contributed by atoms with E-state index in [0.29, 0.717) is 0 Å². The van der Waals surface area contributed by atoms with E-state index in [9.17, 15) is 0 Å². The van der Waals surface area contributed by atoms with Crippen LogP contribution in [0, 0.1) is 20.8 Å². The standard InChI is InChI=1S/C13H16BrN3/c1-8-4-5-11(6-13(8)14)15-7-12-9(2)16-17-10(12)3/h4-6,15H,7H2,1-3H3,(H,16,17). The summed E-state index contributed by atoms with van der Waals surface area (Å²) in [5, 5.41) is 10.6. The highest BCUT2D eigenvalue weighted by Gasteiger charge is 2.05. The van der Waals surface area contributed by atoms with Crippen molar-refractivity contribution < 1.29 is 0 Å². The first-order valence-electron chi connectivity index (χ1n) is 5.58. The topological polar surface area (TPSA) is 40.7 Å². The summed E-state index contributed by atoms with van der Waals surface area (Å²) < 4.78 is 1.13. The van der Waals surface area contributed by atoms with Gasteiger partial charge >= 0.3 is 0 Å². The van der Waals surface area contributed by atoms with Crippen LogP contribution >= 0.6 is 15.9 Å². The zero-order valence-electron chi connectivity index (χ0n) is 10.3. The van der Waals surface area contributed by atoms with Crippen LogP contribution in [0.5, 0.6) is 0 Å². The van der Waals surface area contributed by atoms with Crippen LogP contribution in [0.2, 0.25) is 0 Å². The molecule has 0 fully saturated rings. The second-order valence-electron chi connectivity index (χ2n) is 4.23. The number of nitrogens with one attached hydrogen (secondary N) is 2. The summed E-state index contributed by atoms with van der Waals surface area (Å²) in [5.74, 6) is 0. The molecule has 0 saturated carbocycles. The number of halogens is 1. The van der Waals surface area contributed by atoms with Gasteiger partial charge in [-0.25, -0.2) is 0 Å². The molecule has 0 bridgehead atoms. The number of H-pyrrole nitrogens is 1. The van der Waals surface area contributed by atoms with Crippen molar-refractivity contribution in [3.8, 4) is 0 Å². The van der Waals surface area contributed by atoms with Crippen LogP contribution in [-0.4, -0.2) is 10.2 Å². The lowest BCUT2D eigenvalue weighted by Gasteiger charge is -2.08. The zero-order chi connectivity index (χ0) is 12.4. The average molecular weight is 294 g/mol. The lowest BCUT2D eigenvalue weighted by molar-refractivity contribution is 1.02. The van der Waals surface area contributed by atoms with E-state index in [1.165, 1.54) is 11.1 Å². The molecular formula is C13H16BrN3. The van der Waals surface area contributed by atoms with Crippen LogP contribution in [0.25, 0.3) is 0 Å². The number of anilines is 1. The van der Waals surface area contributed by atoms with Gasteiger partial charge in [0.1, 0.15) is 0 Å². The van der Waals surface area contributed by atoms with Crippen LogP contribution < -0.4 is 5.32 Å². The number of rotatable bonds is 3. The fraction of sp³-hybridized carbons (Fsp3) is 0.308. The van der Waals surface area contributed by atoms with E-state index < -0.39 is 0 Å². The molecule has 0 amide bonds. The van der Waals surface area contributed by atoms with Crippen molar-refractivity contribution in [3.05, 3.63) is 45.2 Å². The maximum atomic E-state index is 4.19. The van der Waals surface area contributed by atoms with Crippen LogP contribution in [0.3, 0.4) is 0 Å². The molecule has 2 N–H and O–H groups in total. The Balaban J connectivity index is 2.10. The molecule has 0 unspecified atom stereocenters.